The van der Waals surface area contributed by atoms with Gasteiger partial charge in [-0.3, -0.25) is 9.80 Å². The number of aromatic nitrogens is 1. The molecule has 1 aliphatic heterocycles. The SMILES string of the molecule is CCCCN(C(=O)OC(C)(C)C)c1ncccc1[C@@H]1CCCN1CC(C)C. The number of nitrogens with zero attached hydrogens (tertiary/aromatic N) is 3. The van der Waals surface area contributed by atoms with Gasteiger partial charge in [0.2, 0.25) is 0 Å². The summed E-state index contributed by atoms with van der Waals surface area (Å²) in [5.41, 5.74) is 0.630. The minimum Gasteiger partial charge on any atom is -0.443 e. The Kier molecular flexibility index (Phi) is 7.66. The predicted octanol–water partition coefficient (Wildman–Crippen LogP) is 5.42. The normalized spacial score (nSPS) is 18.1. The second-order valence-electron chi connectivity index (χ2n) is 8.95. The monoisotopic (exact) mass is 375 g/mol. The molecule has 0 N–H and O–H groups in total. The summed E-state index contributed by atoms with van der Waals surface area (Å²) in [6, 6.07) is 4.44. The van der Waals surface area contributed by atoms with Gasteiger partial charge in [0, 0.05) is 30.9 Å². The van der Waals surface area contributed by atoms with Crippen molar-refractivity contribution in [2.24, 2.45) is 5.92 Å². The van der Waals surface area contributed by atoms with Crippen LogP contribution in [0.4, 0.5) is 10.6 Å². The van der Waals surface area contributed by atoms with Gasteiger partial charge in [-0.1, -0.05) is 33.3 Å². The average molecular weight is 376 g/mol. The number of carbonyl (C=O) groups excluding carboxylic acids is 1. The van der Waals surface area contributed by atoms with Crippen LogP contribution in [0.15, 0.2) is 18.3 Å². The van der Waals surface area contributed by atoms with Crippen molar-refractivity contribution in [1.82, 2.24) is 9.88 Å². The summed E-state index contributed by atoms with van der Waals surface area (Å²) in [4.78, 5) is 21.9. The fourth-order valence-corrected chi connectivity index (χ4v) is 3.68. The van der Waals surface area contributed by atoms with Gasteiger partial charge in [-0.05, 0) is 58.6 Å². The molecular formula is C22H37N3O2. The largest absolute Gasteiger partial charge is 0.443 e. The van der Waals surface area contributed by atoms with Gasteiger partial charge in [-0.2, -0.15) is 0 Å². The van der Waals surface area contributed by atoms with E-state index in [0.29, 0.717) is 18.5 Å². The van der Waals surface area contributed by atoms with Crippen LogP contribution >= 0.6 is 0 Å². The average Bonchev–Trinajstić information content (AvgIpc) is 3.01. The molecule has 0 unspecified atom stereocenters. The lowest BCUT2D eigenvalue weighted by atomic mass is 10.0. The van der Waals surface area contributed by atoms with Crippen LogP contribution in [0.5, 0.6) is 0 Å². The zero-order valence-corrected chi connectivity index (χ0v) is 18.0. The Morgan fingerprint density at radius 2 is 2.15 bits per heavy atom. The Morgan fingerprint density at radius 3 is 2.78 bits per heavy atom. The van der Waals surface area contributed by atoms with Crippen LogP contribution in [0.2, 0.25) is 0 Å². The summed E-state index contributed by atoms with van der Waals surface area (Å²) in [5, 5.41) is 0. The molecule has 1 aromatic rings. The first-order chi connectivity index (χ1) is 12.7. The molecule has 2 rings (SSSR count). The van der Waals surface area contributed by atoms with E-state index < -0.39 is 5.60 Å². The van der Waals surface area contributed by atoms with Gasteiger partial charge in [-0.25, -0.2) is 9.78 Å². The van der Waals surface area contributed by atoms with Crippen molar-refractivity contribution in [3.05, 3.63) is 23.9 Å². The van der Waals surface area contributed by atoms with Gasteiger partial charge in [0.15, 0.2) is 0 Å². The first kappa shape index (κ1) is 21.7. The fraction of sp³-hybridized carbons (Fsp3) is 0.727. The van der Waals surface area contributed by atoms with E-state index in [0.717, 1.165) is 43.7 Å². The van der Waals surface area contributed by atoms with E-state index in [-0.39, 0.29) is 6.09 Å². The van der Waals surface area contributed by atoms with Crippen molar-refractivity contribution < 1.29 is 9.53 Å². The third-order valence-corrected chi connectivity index (χ3v) is 4.74. The highest BCUT2D eigenvalue weighted by Crippen LogP contribution is 2.37. The molecule has 0 aliphatic carbocycles. The van der Waals surface area contributed by atoms with Gasteiger partial charge in [0.25, 0.3) is 0 Å². The zero-order valence-electron chi connectivity index (χ0n) is 18.0. The second-order valence-corrected chi connectivity index (χ2v) is 8.95. The van der Waals surface area contributed by atoms with Crippen molar-refractivity contribution >= 4 is 11.9 Å². The number of carbonyl (C=O) groups is 1. The van der Waals surface area contributed by atoms with Gasteiger partial charge in [0.1, 0.15) is 11.4 Å². The highest BCUT2D eigenvalue weighted by molar-refractivity contribution is 5.87. The van der Waals surface area contributed by atoms with Crippen LogP contribution in [0.3, 0.4) is 0 Å². The lowest BCUT2D eigenvalue weighted by Gasteiger charge is -2.31. The Labute approximate surface area is 165 Å². The van der Waals surface area contributed by atoms with E-state index in [1.165, 1.54) is 6.42 Å². The zero-order chi connectivity index (χ0) is 20.0. The third kappa shape index (κ3) is 6.20. The molecule has 2 heterocycles. The Hall–Kier alpha value is -1.62. The highest BCUT2D eigenvalue weighted by atomic mass is 16.6. The van der Waals surface area contributed by atoms with Crippen LogP contribution < -0.4 is 4.90 Å². The molecule has 5 heteroatoms. The van der Waals surface area contributed by atoms with Crippen LogP contribution in [-0.2, 0) is 4.74 Å². The van der Waals surface area contributed by atoms with Crippen molar-refractivity contribution in [1.29, 1.82) is 0 Å². The second kappa shape index (κ2) is 9.54. The molecule has 27 heavy (non-hydrogen) atoms. The predicted molar refractivity (Wildman–Crippen MR) is 111 cm³/mol. The minimum atomic E-state index is -0.520. The number of ether oxygens (including phenoxy) is 1. The van der Waals surface area contributed by atoms with E-state index in [4.69, 9.17) is 4.74 Å². The Bertz CT molecular complexity index is 610. The molecule has 152 valence electrons. The maximum Gasteiger partial charge on any atom is 0.416 e. The molecule has 0 aromatic carbocycles. The minimum absolute atomic E-state index is 0.302. The van der Waals surface area contributed by atoms with Crippen molar-refractivity contribution in [3.63, 3.8) is 0 Å². The number of unbranched alkanes of at least 4 members (excludes halogenated alkanes) is 1. The van der Waals surface area contributed by atoms with E-state index in [1.807, 2.05) is 26.8 Å². The number of hydrogen-bond donors (Lipinski definition) is 0. The molecule has 1 saturated heterocycles. The van der Waals surface area contributed by atoms with Crippen molar-refractivity contribution in [3.8, 4) is 0 Å². The summed E-state index contributed by atoms with van der Waals surface area (Å²) in [6.07, 6.45) is 5.72. The lowest BCUT2D eigenvalue weighted by molar-refractivity contribution is 0.0578. The molecule has 0 saturated carbocycles. The number of pyridine rings is 1. The van der Waals surface area contributed by atoms with Gasteiger partial charge in [0.05, 0.1) is 0 Å². The standard InChI is InChI=1S/C22H37N3O2/c1-7-8-15-25(21(26)27-22(4,5)6)20-18(11-9-13-23-20)19-12-10-14-24(19)16-17(2)3/h9,11,13,17,19H,7-8,10,12,14-16H2,1-6H3/t19-/m0/s1. The molecule has 0 spiro atoms. The maximum atomic E-state index is 12.9. The van der Waals surface area contributed by atoms with E-state index in [1.54, 1.807) is 11.1 Å². The smallest absolute Gasteiger partial charge is 0.416 e. The molecule has 1 atom stereocenters. The molecule has 1 fully saturated rings. The molecule has 0 radical (unpaired) electrons. The molecule has 1 amide bonds. The Morgan fingerprint density at radius 1 is 1.41 bits per heavy atom. The molecular weight excluding hydrogens is 338 g/mol. The quantitative estimate of drug-likeness (QED) is 0.639. The van der Waals surface area contributed by atoms with Gasteiger partial charge < -0.3 is 4.74 Å². The summed E-state index contributed by atoms with van der Waals surface area (Å²) in [5.74, 6) is 1.38. The summed E-state index contributed by atoms with van der Waals surface area (Å²) in [6.45, 7) is 15.2. The summed E-state index contributed by atoms with van der Waals surface area (Å²) in [7, 11) is 0. The van der Waals surface area contributed by atoms with E-state index >= 15 is 0 Å². The van der Waals surface area contributed by atoms with Crippen LogP contribution in [-0.4, -0.2) is 41.2 Å². The van der Waals surface area contributed by atoms with Crippen molar-refractivity contribution in [2.75, 3.05) is 24.5 Å². The molecule has 5 nitrogen and oxygen atoms in total. The van der Waals surface area contributed by atoms with Crippen LogP contribution in [0.25, 0.3) is 0 Å². The van der Waals surface area contributed by atoms with E-state index in [2.05, 4.69) is 36.7 Å². The summed E-state index contributed by atoms with van der Waals surface area (Å²) < 4.78 is 5.69. The Balaban J connectivity index is 2.34. The number of amides is 1. The number of rotatable bonds is 7. The van der Waals surface area contributed by atoms with Gasteiger partial charge in [-0.15, -0.1) is 0 Å². The molecule has 1 aromatic heterocycles. The lowest BCUT2D eigenvalue weighted by Crippen LogP contribution is -2.39. The van der Waals surface area contributed by atoms with Crippen molar-refractivity contribution in [2.45, 2.75) is 78.9 Å². The first-order valence-corrected chi connectivity index (χ1v) is 10.4. The van der Waals surface area contributed by atoms with Crippen LogP contribution in [0.1, 0.15) is 78.8 Å². The van der Waals surface area contributed by atoms with Crippen LogP contribution in [0, 0.1) is 5.92 Å². The third-order valence-electron chi connectivity index (χ3n) is 4.74. The molecule has 0 bridgehead atoms. The number of likely N-dealkylation sites (tertiary alicyclic amines) is 1. The highest BCUT2D eigenvalue weighted by Gasteiger charge is 2.32. The fourth-order valence-electron chi connectivity index (χ4n) is 3.68. The number of anilines is 1. The number of hydrogen-bond acceptors (Lipinski definition) is 4. The topological polar surface area (TPSA) is 45.7 Å². The van der Waals surface area contributed by atoms with Gasteiger partial charge >= 0.3 is 6.09 Å². The molecule has 1 aliphatic rings. The first-order valence-electron chi connectivity index (χ1n) is 10.4. The summed E-state index contributed by atoms with van der Waals surface area (Å²) >= 11 is 0. The van der Waals surface area contributed by atoms with E-state index in [9.17, 15) is 4.79 Å². The maximum absolute atomic E-state index is 12.9.